The van der Waals surface area contributed by atoms with Crippen LogP contribution in [-0.2, 0) is 26.3 Å². The summed E-state index contributed by atoms with van der Waals surface area (Å²) in [6.07, 6.45) is 0.296. The third kappa shape index (κ3) is 4.04. The Hall–Kier alpha value is -3.19. The van der Waals surface area contributed by atoms with Crippen LogP contribution in [0.1, 0.15) is 11.1 Å². The molecule has 2 aromatic carbocycles. The highest BCUT2D eigenvalue weighted by atomic mass is 16.5. The SMILES string of the molecule is COCCNC(=O)CN1C(=O)N[C@@](Cc2ccccc2)(c2ccccc2)C1=O. The fourth-order valence-electron chi connectivity index (χ4n) is 3.30. The highest BCUT2D eigenvalue weighted by molar-refractivity contribution is 6.09. The molecular formula is C21H23N3O4. The van der Waals surface area contributed by atoms with E-state index in [1.807, 2.05) is 60.7 Å². The Morgan fingerprint density at radius 1 is 1.07 bits per heavy atom. The minimum atomic E-state index is -1.24. The first-order valence-electron chi connectivity index (χ1n) is 9.06. The topological polar surface area (TPSA) is 87.7 Å². The van der Waals surface area contributed by atoms with E-state index in [4.69, 9.17) is 4.74 Å². The number of nitrogens with one attached hydrogen (secondary N) is 2. The lowest BCUT2D eigenvalue weighted by molar-refractivity contribution is -0.135. The summed E-state index contributed by atoms with van der Waals surface area (Å²) in [7, 11) is 1.53. The highest BCUT2D eigenvalue weighted by Gasteiger charge is 2.52. The number of amides is 4. The summed E-state index contributed by atoms with van der Waals surface area (Å²) < 4.78 is 4.89. The van der Waals surface area contributed by atoms with E-state index in [0.29, 0.717) is 25.1 Å². The molecule has 4 amide bonds. The van der Waals surface area contributed by atoms with E-state index < -0.39 is 23.4 Å². The second-order valence-corrected chi connectivity index (χ2v) is 6.60. The predicted octanol–water partition coefficient (Wildman–Crippen LogP) is 1.44. The van der Waals surface area contributed by atoms with E-state index in [1.165, 1.54) is 7.11 Å². The molecule has 7 nitrogen and oxygen atoms in total. The summed E-state index contributed by atoms with van der Waals surface area (Å²) >= 11 is 0. The van der Waals surface area contributed by atoms with Gasteiger partial charge in [-0.1, -0.05) is 60.7 Å². The maximum atomic E-state index is 13.3. The molecule has 146 valence electrons. The number of nitrogens with zero attached hydrogens (tertiary/aromatic N) is 1. The summed E-state index contributed by atoms with van der Waals surface area (Å²) in [5, 5.41) is 5.47. The standard InChI is InChI=1S/C21H23N3O4/c1-28-13-12-22-18(25)15-24-19(26)21(23-20(24)27,17-10-6-3-7-11-17)14-16-8-4-2-5-9-16/h2-11H,12-15H2,1H3,(H,22,25)(H,23,27)/t21-/m0/s1. The molecule has 1 aliphatic heterocycles. The van der Waals surface area contributed by atoms with Gasteiger partial charge in [-0.15, -0.1) is 0 Å². The minimum Gasteiger partial charge on any atom is -0.383 e. The Morgan fingerprint density at radius 2 is 1.71 bits per heavy atom. The molecule has 0 spiro atoms. The lowest BCUT2D eigenvalue weighted by atomic mass is 9.83. The molecule has 0 unspecified atom stereocenters. The van der Waals surface area contributed by atoms with E-state index in [9.17, 15) is 14.4 Å². The van der Waals surface area contributed by atoms with Crippen LogP contribution in [0.3, 0.4) is 0 Å². The number of methoxy groups -OCH3 is 1. The van der Waals surface area contributed by atoms with Crippen LogP contribution < -0.4 is 10.6 Å². The minimum absolute atomic E-state index is 0.296. The lowest BCUT2D eigenvalue weighted by Crippen LogP contribution is -2.47. The van der Waals surface area contributed by atoms with Crippen LogP contribution in [0.2, 0.25) is 0 Å². The van der Waals surface area contributed by atoms with Crippen molar-refractivity contribution in [3.8, 4) is 0 Å². The number of benzene rings is 2. The molecule has 0 bridgehead atoms. The first-order valence-corrected chi connectivity index (χ1v) is 9.06. The van der Waals surface area contributed by atoms with Crippen molar-refractivity contribution in [1.29, 1.82) is 0 Å². The molecule has 0 aliphatic carbocycles. The smallest absolute Gasteiger partial charge is 0.325 e. The first kappa shape index (κ1) is 19.6. The summed E-state index contributed by atoms with van der Waals surface area (Å²) in [6, 6.07) is 18.0. The van der Waals surface area contributed by atoms with Gasteiger partial charge >= 0.3 is 6.03 Å². The Labute approximate surface area is 163 Å². The number of hydrogen-bond donors (Lipinski definition) is 2. The van der Waals surface area contributed by atoms with E-state index in [2.05, 4.69) is 10.6 Å². The largest absolute Gasteiger partial charge is 0.383 e. The number of rotatable bonds is 8. The van der Waals surface area contributed by atoms with Crippen molar-refractivity contribution in [2.45, 2.75) is 12.0 Å². The van der Waals surface area contributed by atoms with Gasteiger partial charge in [0.2, 0.25) is 5.91 Å². The highest BCUT2D eigenvalue weighted by Crippen LogP contribution is 2.32. The molecule has 7 heteroatoms. The predicted molar refractivity (Wildman–Crippen MR) is 103 cm³/mol. The first-order chi connectivity index (χ1) is 13.6. The Balaban J connectivity index is 1.87. The van der Waals surface area contributed by atoms with Crippen molar-refractivity contribution in [3.05, 3.63) is 71.8 Å². The van der Waals surface area contributed by atoms with Crippen LogP contribution in [0.5, 0.6) is 0 Å². The summed E-state index contributed by atoms with van der Waals surface area (Å²) in [4.78, 5) is 39.1. The zero-order valence-corrected chi connectivity index (χ0v) is 15.7. The Morgan fingerprint density at radius 3 is 2.36 bits per heavy atom. The molecule has 1 heterocycles. The zero-order valence-electron chi connectivity index (χ0n) is 15.7. The second-order valence-electron chi connectivity index (χ2n) is 6.60. The van der Waals surface area contributed by atoms with Gasteiger partial charge in [-0.2, -0.15) is 0 Å². The van der Waals surface area contributed by atoms with Gasteiger partial charge in [-0.3, -0.25) is 14.5 Å². The maximum absolute atomic E-state index is 13.3. The van der Waals surface area contributed by atoms with Gasteiger partial charge in [-0.05, 0) is 11.1 Å². The molecule has 0 saturated carbocycles. The monoisotopic (exact) mass is 381 g/mol. The molecule has 1 saturated heterocycles. The van der Waals surface area contributed by atoms with Crippen molar-refractivity contribution in [1.82, 2.24) is 15.5 Å². The van der Waals surface area contributed by atoms with E-state index in [1.54, 1.807) is 0 Å². The molecule has 1 fully saturated rings. The Bertz CT molecular complexity index is 841. The molecule has 0 aromatic heterocycles. The number of hydrogen-bond acceptors (Lipinski definition) is 4. The van der Waals surface area contributed by atoms with Gasteiger partial charge in [0.05, 0.1) is 6.61 Å². The van der Waals surface area contributed by atoms with E-state index in [0.717, 1.165) is 10.5 Å². The Kier molecular flexibility index (Phi) is 6.06. The number of carbonyl (C=O) groups excluding carboxylic acids is 3. The van der Waals surface area contributed by atoms with Crippen LogP contribution in [0.4, 0.5) is 4.79 Å². The molecule has 1 atom stereocenters. The van der Waals surface area contributed by atoms with Crippen LogP contribution in [0, 0.1) is 0 Å². The molecule has 1 aliphatic rings. The van der Waals surface area contributed by atoms with Gasteiger partial charge < -0.3 is 15.4 Å². The van der Waals surface area contributed by atoms with Gasteiger partial charge in [-0.25, -0.2) is 4.79 Å². The van der Waals surface area contributed by atoms with Crippen LogP contribution in [-0.4, -0.2) is 49.6 Å². The summed E-state index contributed by atoms with van der Waals surface area (Å²) in [5.41, 5.74) is 0.345. The second kappa shape index (κ2) is 8.67. The molecule has 3 rings (SSSR count). The zero-order chi connectivity index (χ0) is 20.0. The normalized spacial score (nSPS) is 18.8. The number of carbonyl (C=O) groups is 3. The van der Waals surface area contributed by atoms with Crippen molar-refractivity contribution in [2.24, 2.45) is 0 Å². The van der Waals surface area contributed by atoms with Crippen molar-refractivity contribution >= 4 is 17.8 Å². The lowest BCUT2D eigenvalue weighted by Gasteiger charge is -2.27. The summed E-state index contributed by atoms with van der Waals surface area (Å²) in [6.45, 7) is 0.332. The average molecular weight is 381 g/mol. The van der Waals surface area contributed by atoms with Gasteiger partial charge in [0.1, 0.15) is 6.54 Å². The van der Waals surface area contributed by atoms with E-state index in [-0.39, 0.29) is 6.54 Å². The fourth-order valence-corrected chi connectivity index (χ4v) is 3.30. The number of ether oxygens (including phenoxy) is 1. The molecule has 2 N–H and O–H groups in total. The van der Waals surface area contributed by atoms with Crippen molar-refractivity contribution < 1.29 is 19.1 Å². The number of urea groups is 1. The average Bonchev–Trinajstić information content (AvgIpc) is 2.95. The van der Waals surface area contributed by atoms with Crippen molar-refractivity contribution in [3.63, 3.8) is 0 Å². The molecule has 2 aromatic rings. The molecule has 28 heavy (non-hydrogen) atoms. The number of imide groups is 1. The van der Waals surface area contributed by atoms with E-state index >= 15 is 0 Å². The van der Waals surface area contributed by atoms with Gasteiger partial charge in [0.15, 0.2) is 5.54 Å². The van der Waals surface area contributed by atoms with Crippen LogP contribution in [0.25, 0.3) is 0 Å². The van der Waals surface area contributed by atoms with Gasteiger partial charge in [0.25, 0.3) is 5.91 Å². The van der Waals surface area contributed by atoms with Crippen molar-refractivity contribution in [2.75, 3.05) is 26.8 Å². The fraction of sp³-hybridized carbons (Fsp3) is 0.286. The maximum Gasteiger partial charge on any atom is 0.325 e. The molecule has 0 radical (unpaired) electrons. The third-order valence-corrected chi connectivity index (χ3v) is 4.68. The summed E-state index contributed by atoms with van der Waals surface area (Å²) in [5.74, 6) is -0.849. The van der Waals surface area contributed by atoms with Gasteiger partial charge in [0, 0.05) is 20.1 Å². The molecular weight excluding hydrogens is 358 g/mol. The van der Waals surface area contributed by atoms with Crippen LogP contribution in [0.15, 0.2) is 60.7 Å². The third-order valence-electron chi connectivity index (χ3n) is 4.68. The quantitative estimate of drug-likeness (QED) is 0.535. The van der Waals surface area contributed by atoms with Crippen LogP contribution >= 0.6 is 0 Å².